The van der Waals surface area contributed by atoms with Crippen LogP contribution in [0.2, 0.25) is 0 Å². The van der Waals surface area contributed by atoms with Crippen molar-refractivity contribution >= 4 is 11.8 Å². The number of piperazine rings is 1. The standard InChI is InChI=1S/C24H31N3O2/c1-3-19(2)22(25-23(28)21-12-8-5-9-13-21)24(29)27-16-14-26(15-17-27)18-20-10-6-4-7-11-20/h4-13,19,22H,3,14-18H2,1-2H3,(H,25,28)/p+1/t19-,22-/m0/s1. The van der Waals surface area contributed by atoms with Crippen molar-refractivity contribution in [2.24, 2.45) is 5.92 Å². The molecule has 29 heavy (non-hydrogen) atoms. The van der Waals surface area contributed by atoms with Crippen molar-refractivity contribution < 1.29 is 14.5 Å². The minimum atomic E-state index is -0.483. The molecular formula is C24H32N3O2+. The minimum Gasteiger partial charge on any atom is -0.340 e. The maximum Gasteiger partial charge on any atom is 0.251 e. The number of nitrogens with one attached hydrogen (secondary N) is 2. The fourth-order valence-electron chi connectivity index (χ4n) is 3.80. The number of carbonyl (C=O) groups excluding carboxylic acids is 2. The number of hydrogen-bond acceptors (Lipinski definition) is 2. The molecule has 1 heterocycles. The number of rotatable bonds is 7. The molecule has 0 saturated carbocycles. The highest BCUT2D eigenvalue weighted by Crippen LogP contribution is 2.13. The first-order valence-electron chi connectivity index (χ1n) is 10.6. The molecule has 0 aliphatic carbocycles. The van der Waals surface area contributed by atoms with Gasteiger partial charge in [0.1, 0.15) is 12.6 Å². The van der Waals surface area contributed by atoms with Crippen molar-refractivity contribution in [1.29, 1.82) is 0 Å². The molecule has 1 aliphatic heterocycles. The first kappa shape index (κ1) is 21.1. The first-order valence-corrected chi connectivity index (χ1v) is 10.6. The zero-order chi connectivity index (χ0) is 20.6. The van der Waals surface area contributed by atoms with Gasteiger partial charge in [0.25, 0.3) is 5.91 Å². The molecule has 0 bridgehead atoms. The lowest BCUT2D eigenvalue weighted by Gasteiger charge is -2.35. The first-order chi connectivity index (χ1) is 14.1. The molecule has 1 saturated heterocycles. The third kappa shape index (κ3) is 5.67. The van der Waals surface area contributed by atoms with Gasteiger partial charge in [-0.2, -0.15) is 0 Å². The summed E-state index contributed by atoms with van der Waals surface area (Å²) in [5.74, 6) is -0.0511. The molecule has 0 spiro atoms. The fourth-order valence-corrected chi connectivity index (χ4v) is 3.80. The van der Waals surface area contributed by atoms with E-state index in [1.807, 2.05) is 36.1 Å². The second-order valence-electron chi connectivity index (χ2n) is 7.94. The molecule has 154 valence electrons. The highest BCUT2D eigenvalue weighted by atomic mass is 16.2. The lowest BCUT2D eigenvalue weighted by Crippen LogP contribution is -3.13. The van der Waals surface area contributed by atoms with Crippen LogP contribution in [-0.4, -0.2) is 48.9 Å². The van der Waals surface area contributed by atoms with Crippen LogP contribution in [0.3, 0.4) is 0 Å². The van der Waals surface area contributed by atoms with Crippen LogP contribution in [-0.2, 0) is 11.3 Å². The van der Waals surface area contributed by atoms with Crippen LogP contribution in [0.4, 0.5) is 0 Å². The zero-order valence-electron chi connectivity index (χ0n) is 17.4. The van der Waals surface area contributed by atoms with E-state index in [-0.39, 0.29) is 17.7 Å². The summed E-state index contributed by atoms with van der Waals surface area (Å²) in [6.07, 6.45) is 0.838. The summed E-state index contributed by atoms with van der Waals surface area (Å²) in [5.41, 5.74) is 1.92. The SMILES string of the molecule is CC[C@H](C)[C@H](NC(=O)c1ccccc1)C(=O)N1CC[NH+](Cc2ccccc2)CC1. The van der Waals surface area contributed by atoms with Crippen LogP contribution in [0.1, 0.15) is 36.2 Å². The molecule has 1 fully saturated rings. The van der Waals surface area contributed by atoms with Crippen molar-refractivity contribution in [3.63, 3.8) is 0 Å². The maximum atomic E-state index is 13.2. The molecule has 2 aromatic rings. The lowest BCUT2D eigenvalue weighted by molar-refractivity contribution is -0.917. The second kappa shape index (κ2) is 10.2. The lowest BCUT2D eigenvalue weighted by atomic mass is 9.97. The van der Waals surface area contributed by atoms with E-state index in [0.717, 1.165) is 39.1 Å². The minimum absolute atomic E-state index is 0.0439. The summed E-state index contributed by atoms with van der Waals surface area (Å²) in [5, 5.41) is 3.00. The third-order valence-electron chi connectivity index (χ3n) is 5.88. The summed E-state index contributed by atoms with van der Waals surface area (Å²) < 4.78 is 0. The second-order valence-corrected chi connectivity index (χ2v) is 7.94. The smallest absolute Gasteiger partial charge is 0.251 e. The van der Waals surface area contributed by atoms with Crippen molar-refractivity contribution in [3.8, 4) is 0 Å². The predicted molar refractivity (Wildman–Crippen MR) is 115 cm³/mol. The van der Waals surface area contributed by atoms with E-state index in [1.54, 1.807) is 12.1 Å². The normalized spacial score (nSPS) is 16.8. The topological polar surface area (TPSA) is 53.9 Å². The van der Waals surface area contributed by atoms with Gasteiger partial charge >= 0.3 is 0 Å². The molecule has 2 N–H and O–H groups in total. The summed E-state index contributed by atoms with van der Waals surface area (Å²) in [7, 11) is 0. The average molecular weight is 395 g/mol. The molecule has 2 aromatic carbocycles. The van der Waals surface area contributed by atoms with Crippen molar-refractivity contribution in [3.05, 3.63) is 71.8 Å². The Bertz CT molecular complexity index is 786. The van der Waals surface area contributed by atoms with Crippen LogP contribution in [0.25, 0.3) is 0 Å². The monoisotopic (exact) mass is 394 g/mol. The number of carbonyl (C=O) groups is 2. The third-order valence-corrected chi connectivity index (χ3v) is 5.88. The Morgan fingerprint density at radius 3 is 2.17 bits per heavy atom. The van der Waals surface area contributed by atoms with Gasteiger partial charge in [0.05, 0.1) is 26.2 Å². The van der Waals surface area contributed by atoms with E-state index in [1.165, 1.54) is 10.5 Å². The number of benzene rings is 2. The van der Waals surface area contributed by atoms with Crippen molar-refractivity contribution in [2.75, 3.05) is 26.2 Å². The van der Waals surface area contributed by atoms with Gasteiger partial charge in [-0.05, 0) is 18.1 Å². The van der Waals surface area contributed by atoms with Gasteiger partial charge in [0.15, 0.2) is 0 Å². The van der Waals surface area contributed by atoms with E-state index in [2.05, 4.69) is 36.5 Å². The molecule has 2 amide bonds. The molecule has 2 atom stereocenters. The quantitative estimate of drug-likeness (QED) is 0.752. The highest BCUT2D eigenvalue weighted by Gasteiger charge is 2.33. The number of quaternary nitrogens is 1. The van der Waals surface area contributed by atoms with Gasteiger partial charge in [-0.3, -0.25) is 9.59 Å². The predicted octanol–water partition coefficient (Wildman–Crippen LogP) is 1.76. The zero-order valence-corrected chi connectivity index (χ0v) is 17.4. The van der Waals surface area contributed by atoms with Crippen LogP contribution in [0, 0.1) is 5.92 Å². The Hall–Kier alpha value is -2.66. The van der Waals surface area contributed by atoms with Gasteiger partial charge in [0.2, 0.25) is 5.91 Å². The number of amides is 2. The molecule has 0 aromatic heterocycles. The molecule has 0 radical (unpaired) electrons. The average Bonchev–Trinajstić information content (AvgIpc) is 2.78. The molecule has 5 nitrogen and oxygen atoms in total. The fraction of sp³-hybridized carbons (Fsp3) is 0.417. The van der Waals surface area contributed by atoms with Gasteiger partial charge < -0.3 is 15.1 Å². The maximum absolute atomic E-state index is 13.2. The summed E-state index contributed by atoms with van der Waals surface area (Å²) in [6.45, 7) is 8.40. The number of nitrogens with zero attached hydrogens (tertiary/aromatic N) is 1. The van der Waals surface area contributed by atoms with Crippen LogP contribution in [0.5, 0.6) is 0 Å². The van der Waals surface area contributed by atoms with Crippen LogP contribution >= 0.6 is 0 Å². The van der Waals surface area contributed by atoms with E-state index in [9.17, 15) is 9.59 Å². The molecule has 3 rings (SSSR count). The van der Waals surface area contributed by atoms with E-state index in [4.69, 9.17) is 0 Å². The summed E-state index contributed by atoms with van der Waals surface area (Å²) in [4.78, 5) is 29.3. The number of hydrogen-bond donors (Lipinski definition) is 2. The highest BCUT2D eigenvalue weighted by molar-refractivity contribution is 5.97. The van der Waals surface area contributed by atoms with Gasteiger partial charge in [-0.1, -0.05) is 68.8 Å². The van der Waals surface area contributed by atoms with Crippen LogP contribution in [0.15, 0.2) is 60.7 Å². The molecule has 1 aliphatic rings. The largest absolute Gasteiger partial charge is 0.340 e. The summed E-state index contributed by atoms with van der Waals surface area (Å²) in [6, 6.07) is 19.1. The Labute approximate surface area is 173 Å². The van der Waals surface area contributed by atoms with Gasteiger partial charge in [-0.25, -0.2) is 0 Å². The molecule has 5 heteroatoms. The Balaban J connectivity index is 1.59. The molecule has 0 unspecified atom stereocenters. The van der Waals surface area contributed by atoms with Gasteiger partial charge in [0, 0.05) is 11.1 Å². The van der Waals surface area contributed by atoms with Gasteiger partial charge in [-0.15, -0.1) is 0 Å². The van der Waals surface area contributed by atoms with Crippen molar-refractivity contribution in [1.82, 2.24) is 10.2 Å². The Morgan fingerprint density at radius 1 is 1.00 bits per heavy atom. The molecular weight excluding hydrogens is 362 g/mol. The van der Waals surface area contributed by atoms with E-state index in [0.29, 0.717) is 5.56 Å². The Kier molecular flexibility index (Phi) is 7.42. The van der Waals surface area contributed by atoms with E-state index >= 15 is 0 Å². The van der Waals surface area contributed by atoms with Crippen molar-refractivity contribution in [2.45, 2.75) is 32.9 Å². The summed E-state index contributed by atoms with van der Waals surface area (Å²) >= 11 is 0. The Morgan fingerprint density at radius 2 is 1.59 bits per heavy atom. The van der Waals surface area contributed by atoms with Crippen LogP contribution < -0.4 is 10.2 Å². The van der Waals surface area contributed by atoms with E-state index < -0.39 is 6.04 Å².